The summed E-state index contributed by atoms with van der Waals surface area (Å²) in [6, 6.07) is 5.67. The highest BCUT2D eigenvalue weighted by atomic mass is 32.1. The summed E-state index contributed by atoms with van der Waals surface area (Å²) in [5.74, 6) is -0.343. The first kappa shape index (κ1) is 19.6. The summed E-state index contributed by atoms with van der Waals surface area (Å²) < 4.78 is 2.13. The van der Waals surface area contributed by atoms with Crippen molar-refractivity contribution in [3.05, 3.63) is 40.7 Å². The Labute approximate surface area is 173 Å². The molecular weight excluding hydrogens is 386 g/mol. The fourth-order valence-electron chi connectivity index (χ4n) is 3.77. The van der Waals surface area contributed by atoms with Crippen molar-refractivity contribution in [1.29, 1.82) is 0 Å². The van der Waals surface area contributed by atoms with Gasteiger partial charge in [-0.1, -0.05) is 19.3 Å². The molecule has 0 bridgehead atoms. The maximum absolute atomic E-state index is 12.8. The van der Waals surface area contributed by atoms with Crippen molar-refractivity contribution >= 4 is 39.1 Å². The molecular formula is C21H25N5O2S. The number of thiophene rings is 1. The van der Waals surface area contributed by atoms with Gasteiger partial charge >= 0.3 is 0 Å². The van der Waals surface area contributed by atoms with Gasteiger partial charge in [0.2, 0.25) is 0 Å². The molecule has 1 N–H and O–H groups in total. The monoisotopic (exact) mass is 411 g/mol. The second kappa shape index (κ2) is 7.94. The average molecular weight is 412 g/mol. The smallest absolute Gasteiger partial charge is 0.271 e. The highest BCUT2D eigenvalue weighted by Crippen LogP contribution is 2.35. The van der Waals surface area contributed by atoms with Crippen LogP contribution in [-0.2, 0) is 0 Å². The number of hydrogen-bond acceptors (Lipinski definition) is 5. The van der Waals surface area contributed by atoms with E-state index in [0.29, 0.717) is 22.3 Å². The zero-order chi connectivity index (χ0) is 20.5. The van der Waals surface area contributed by atoms with Crippen LogP contribution in [0.25, 0.3) is 10.2 Å². The van der Waals surface area contributed by atoms with Gasteiger partial charge in [-0.15, -0.1) is 11.3 Å². The predicted molar refractivity (Wildman–Crippen MR) is 115 cm³/mol. The minimum atomic E-state index is -0.172. The van der Waals surface area contributed by atoms with Gasteiger partial charge in [0.05, 0.1) is 28.5 Å². The maximum atomic E-state index is 12.8. The van der Waals surface area contributed by atoms with Crippen LogP contribution in [0.3, 0.4) is 0 Å². The summed E-state index contributed by atoms with van der Waals surface area (Å²) in [5.41, 5.74) is 1.88. The highest BCUT2D eigenvalue weighted by Gasteiger charge is 2.22. The third kappa shape index (κ3) is 3.89. The van der Waals surface area contributed by atoms with Gasteiger partial charge in [-0.25, -0.2) is 4.98 Å². The number of hydrogen-bond donors (Lipinski definition) is 1. The lowest BCUT2D eigenvalue weighted by molar-refractivity contribution is 0.0822. The van der Waals surface area contributed by atoms with Gasteiger partial charge in [0.25, 0.3) is 11.8 Å². The number of amides is 2. The van der Waals surface area contributed by atoms with Crippen LogP contribution < -0.4 is 5.32 Å². The third-order valence-corrected chi connectivity index (χ3v) is 6.48. The van der Waals surface area contributed by atoms with Gasteiger partial charge in [0.15, 0.2) is 0 Å². The summed E-state index contributed by atoms with van der Waals surface area (Å²) in [6.45, 7) is 2.00. The molecule has 1 saturated carbocycles. The minimum absolute atomic E-state index is 0.171. The highest BCUT2D eigenvalue weighted by molar-refractivity contribution is 7.20. The van der Waals surface area contributed by atoms with Crippen molar-refractivity contribution in [2.24, 2.45) is 0 Å². The molecule has 152 valence electrons. The second-order valence-electron chi connectivity index (χ2n) is 7.74. The Morgan fingerprint density at radius 2 is 1.97 bits per heavy atom. The SMILES string of the molecule is Cc1nn(C2CCCCC2)c2sc(C(=O)Nc3ccc(C(=O)N(C)C)nc3)cc12. The van der Waals surface area contributed by atoms with Gasteiger partial charge in [-0.3, -0.25) is 14.3 Å². The number of rotatable bonds is 4. The van der Waals surface area contributed by atoms with Crippen LogP contribution in [-0.4, -0.2) is 45.6 Å². The fourth-order valence-corrected chi connectivity index (χ4v) is 4.90. The molecule has 1 fully saturated rings. The van der Waals surface area contributed by atoms with E-state index in [1.165, 1.54) is 41.7 Å². The van der Waals surface area contributed by atoms with Gasteiger partial charge in [-0.05, 0) is 38.0 Å². The third-order valence-electron chi connectivity index (χ3n) is 5.36. The predicted octanol–water partition coefficient (Wildman–Crippen LogP) is 4.26. The largest absolute Gasteiger partial charge is 0.343 e. The summed E-state index contributed by atoms with van der Waals surface area (Å²) in [4.78, 5) is 32.1. The summed E-state index contributed by atoms with van der Waals surface area (Å²) in [5, 5.41) is 8.68. The van der Waals surface area contributed by atoms with E-state index in [0.717, 1.165) is 28.8 Å². The summed E-state index contributed by atoms with van der Waals surface area (Å²) in [6.07, 6.45) is 7.59. The number of nitrogens with zero attached hydrogens (tertiary/aromatic N) is 4. The van der Waals surface area contributed by atoms with Gasteiger partial charge in [0, 0.05) is 19.5 Å². The van der Waals surface area contributed by atoms with Crippen LogP contribution in [0.15, 0.2) is 24.4 Å². The number of anilines is 1. The van der Waals surface area contributed by atoms with E-state index in [1.807, 2.05) is 13.0 Å². The number of nitrogens with one attached hydrogen (secondary N) is 1. The molecule has 0 radical (unpaired) electrons. The van der Waals surface area contributed by atoms with Gasteiger partial charge in [0.1, 0.15) is 10.5 Å². The van der Waals surface area contributed by atoms with Crippen LogP contribution in [0.4, 0.5) is 5.69 Å². The molecule has 2 amide bonds. The molecule has 1 aliphatic rings. The van der Waals surface area contributed by atoms with Crippen molar-refractivity contribution in [1.82, 2.24) is 19.7 Å². The van der Waals surface area contributed by atoms with E-state index in [4.69, 9.17) is 5.10 Å². The first-order valence-corrected chi connectivity index (χ1v) is 10.7. The standard InChI is InChI=1S/C21H25N5O2S/c1-13-16-11-18(29-21(16)26(24-13)15-7-5-4-6-8-15)19(27)23-14-9-10-17(22-12-14)20(28)25(2)3/h9-12,15H,4-8H2,1-3H3,(H,23,27). The van der Waals surface area contributed by atoms with Crippen molar-refractivity contribution in [3.63, 3.8) is 0 Å². The number of carbonyl (C=O) groups is 2. The van der Waals surface area contributed by atoms with Crippen LogP contribution in [0.1, 0.15) is 64.0 Å². The molecule has 3 heterocycles. The molecule has 3 aromatic heterocycles. The Morgan fingerprint density at radius 3 is 2.62 bits per heavy atom. The molecule has 0 saturated heterocycles. The van der Waals surface area contributed by atoms with Crippen molar-refractivity contribution in [2.45, 2.75) is 45.1 Å². The van der Waals surface area contributed by atoms with Crippen LogP contribution in [0.5, 0.6) is 0 Å². The maximum Gasteiger partial charge on any atom is 0.271 e. The fraction of sp³-hybridized carbons (Fsp3) is 0.429. The molecule has 0 aliphatic heterocycles. The Morgan fingerprint density at radius 1 is 1.21 bits per heavy atom. The lowest BCUT2D eigenvalue weighted by Crippen LogP contribution is -2.22. The number of pyridine rings is 1. The van der Waals surface area contributed by atoms with Crippen LogP contribution >= 0.6 is 11.3 Å². The Bertz CT molecular complexity index is 1050. The topological polar surface area (TPSA) is 80.1 Å². The molecule has 0 atom stereocenters. The summed E-state index contributed by atoms with van der Waals surface area (Å²) >= 11 is 1.48. The molecule has 0 unspecified atom stereocenters. The molecule has 4 rings (SSSR count). The number of aromatic nitrogens is 3. The zero-order valence-corrected chi connectivity index (χ0v) is 17.8. The van der Waals surface area contributed by atoms with Crippen LogP contribution in [0.2, 0.25) is 0 Å². The lowest BCUT2D eigenvalue weighted by Gasteiger charge is -2.22. The molecule has 0 spiro atoms. The van der Waals surface area contributed by atoms with E-state index < -0.39 is 0 Å². The minimum Gasteiger partial charge on any atom is -0.343 e. The van der Waals surface area contributed by atoms with E-state index in [1.54, 1.807) is 26.2 Å². The molecule has 7 nitrogen and oxygen atoms in total. The van der Waals surface area contributed by atoms with Gasteiger partial charge < -0.3 is 10.2 Å². The average Bonchev–Trinajstić information content (AvgIpc) is 3.29. The molecule has 3 aromatic rings. The Hall–Kier alpha value is -2.74. The summed E-state index contributed by atoms with van der Waals surface area (Å²) in [7, 11) is 3.36. The van der Waals surface area contributed by atoms with E-state index in [-0.39, 0.29) is 11.8 Å². The van der Waals surface area contributed by atoms with Crippen molar-refractivity contribution in [3.8, 4) is 0 Å². The first-order valence-electron chi connectivity index (χ1n) is 9.91. The zero-order valence-electron chi connectivity index (χ0n) is 16.9. The van der Waals surface area contributed by atoms with E-state index >= 15 is 0 Å². The molecule has 8 heteroatoms. The molecule has 29 heavy (non-hydrogen) atoms. The number of fused-ring (bicyclic) bond motifs is 1. The van der Waals surface area contributed by atoms with E-state index in [9.17, 15) is 9.59 Å². The quantitative estimate of drug-likeness (QED) is 0.696. The number of carbonyl (C=O) groups excluding carboxylic acids is 2. The second-order valence-corrected chi connectivity index (χ2v) is 8.77. The lowest BCUT2D eigenvalue weighted by atomic mass is 9.96. The first-order chi connectivity index (χ1) is 13.9. The number of aryl methyl sites for hydroxylation is 1. The normalized spacial score (nSPS) is 14.9. The Balaban J connectivity index is 1.53. The molecule has 1 aliphatic carbocycles. The van der Waals surface area contributed by atoms with E-state index in [2.05, 4.69) is 15.0 Å². The van der Waals surface area contributed by atoms with Crippen molar-refractivity contribution in [2.75, 3.05) is 19.4 Å². The Kier molecular flexibility index (Phi) is 5.36. The van der Waals surface area contributed by atoms with Crippen molar-refractivity contribution < 1.29 is 9.59 Å². The van der Waals surface area contributed by atoms with Gasteiger partial charge in [-0.2, -0.15) is 5.10 Å². The molecule has 0 aromatic carbocycles. The van der Waals surface area contributed by atoms with Crippen LogP contribution in [0, 0.1) is 6.92 Å².